The largest absolute Gasteiger partial charge is 0.492 e. The number of carbonyl (C=O) groups is 2. The summed E-state index contributed by atoms with van der Waals surface area (Å²) in [6.45, 7) is 2.32. The molecule has 1 atom stereocenters. The first-order valence-corrected chi connectivity index (χ1v) is 9.17. The molecule has 3 aromatic rings. The van der Waals surface area contributed by atoms with Gasteiger partial charge in [0.05, 0.1) is 18.6 Å². The number of para-hydroxylation sites is 2. The predicted octanol–water partition coefficient (Wildman–Crippen LogP) is 4.61. The molecule has 148 valence electrons. The van der Waals surface area contributed by atoms with Gasteiger partial charge in [-0.3, -0.25) is 4.79 Å². The summed E-state index contributed by atoms with van der Waals surface area (Å²) in [4.78, 5) is 25.2. The van der Waals surface area contributed by atoms with Crippen LogP contribution in [0.4, 0.5) is 5.69 Å². The van der Waals surface area contributed by atoms with Crippen molar-refractivity contribution in [2.24, 2.45) is 0 Å². The maximum Gasteiger partial charge on any atom is 0.332 e. The van der Waals surface area contributed by atoms with Gasteiger partial charge in [-0.2, -0.15) is 0 Å². The Bertz CT molecular complexity index is 964. The van der Waals surface area contributed by atoms with Crippen molar-refractivity contribution in [3.8, 4) is 5.75 Å². The number of nitrogens with one attached hydrogen (secondary N) is 1. The number of carbonyl (C=O) groups excluding carboxylic acids is 2. The number of rotatable bonds is 8. The number of furan rings is 1. The molecule has 2 aromatic carbocycles. The van der Waals surface area contributed by atoms with E-state index in [2.05, 4.69) is 5.32 Å². The average Bonchev–Trinajstić information content (AvgIpc) is 3.26. The molecule has 0 saturated heterocycles. The van der Waals surface area contributed by atoms with Crippen LogP contribution in [0, 0.1) is 0 Å². The number of amides is 1. The van der Waals surface area contributed by atoms with Gasteiger partial charge in [-0.25, -0.2) is 4.79 Å². The van der Waals surface area contributed by atoms with Crippen molar-refractivity contribution < 1.29 is 23.5 Å². The standard InChI is InChI=1S/C23H21NO5/c1-2-27-20-13-7-6-12-19(20)24-23(26)22(17-9-4-3-5-10-17)29-21(25)15-14-18-11-8-16-28-18/h3-16,22H,2H2,1H3,(H,24,26)/b15-14+/t22-/m1/s1. The van der Waals surface area contributed by atoms with Gasteiger partial charge in [0.1, 0.15) is 11.5 Å². The highest BCUT2D eigenvalue weighted by Crippen LogP contribution is 2.26. The first kappa shape index (κ1) is 19.9. The summed E-state index contributed by atoms with van der Waals surface area (Å²) >= 11 is 0. The van der Waals surface area contributed by atoms with Gasteiger partial charge in [-0.05, 0) is 37.3 Å². The number of hydrogen-bond acceptors (Lipinski definition) is 5. The maximum absolute atomic E-state index is 13.0. The van der Waals surface area contributed by atoms with Crippen LogP contribution >= 0.6 is 0 Å². The molecule has 0 spiro atoms. The van der Waals surface area contributed by atoms with Crippen molar-refractivity contribution >= 4 is 23.6 Å². The molecular weight excluding hydrogens is 370 g/mol. The summed E-state index contributed by atoms with van der Waals surface area (Å²) in [5, 5.41) is 2.79. The quantitative estimate of drug-likeness (QED) is 0.448. The van der Waals surface area contributed by atoms with Crippen LogP contribution in [0.3, 0.4) is 0 Å². The number of benzene rings is 2. The minimum atomic E-state index is -1.13. The van der Waals surface area contributed by atoms with E-state index in [-0.39, 0.29) is 0 Å². The second-order valence-corrected chi connectivity index (χ2v) is 5.99. The first-order valence-electron chi connectivity index (χ1n) is 9.17. The second-order valence-electron chi connectivity index (χ2n) is 5.99. The monoisotopic (exact) mass is 391 g/mol. The summed E-state index contributed by atoms with van der Waals surface area (Å²) in [6, 6.07) is 19.3. The molecule has 0 aliphatic rings. The average molecular weight is 391 g/mol. The Morgan fingerprint density at radius 2 is 1.79 bits per heavy atom. The molecule has 0 saturated carbocycles. The van der Waals surface area contributed by atoms with Crippen LogP contribution in [0.15, 0.2) is 83.5 Å². The highest BCUT2D eigenvalue weighted by molar-refractivity contribution is 5.98. The van der Waals surface area contributed by atoms with Crippen molar-refractivity contribution in [1.82, 2.24) is 0 Å². The van der Waals surface area contributed by atoms with Crippen LogP contribution in [-0.2, 0) is 14.3 Å². The highest BCUT2D eigenvalue weighted by Gasteiger charge is 2.25. The molecule has 1 heterocycles. The van der Waals surface area contributed by atoms with Gasteiger partial charge < -0.3 is 19.2 Å². The fourth-order valence-corrected chi connectivity index (χ4v) is 2.64. The van der Waals surface area contributed by atoms with E-state index in [9.17, 15) is 9.59 Å². The van der Waals surface area contributed by atoms with E-state index in [1.807, 2.05) is 19.1 Å². The van der Waals surface area contributed by atoms with E-state index in [0.29, 0.717) is 29.4 Å². The lowest BCUT2D eigenvalue weighted by Gasteiger charge is -2.18. The lowest BCUT2D eigenvalue weighted by molar-refractivity contribution is -0.149. The molecule has 0 bridgehead atoms. The molecule has 6 heteroatoms. The molecule has 0 unspecified atom stereocenters. The van der Waals surface area contributed by atoms with Crippen molar-refractivity contribution in [2.75, 3.05) is 11.9 Å². The number of ether oxygens (including phenoxy) is 2. The molecular formula is C23H21NO5. The van der Waals surface area contributed by atoms with E-state index in [4.69, 9.17) is 13.9 Å². The summed E-state index contributed by atoms with van der Waals surface area (Å²) in [7, 11) is 0. The van der Waals surface area contributed by atoms with Crippen molar-refractivity contribution in [3.05, 3.63) is 90.4 Å². The molecule has 0 aliphatic carbocycles. The van der Waals surface area contributed by atoms with Gasteiger partial charge in [0.15, 0.2) is 0 Å². The van der Waals surface area contributed by atoms with Crippen molar-refractivity contribution in [1.29, 1.82) is 0 Å². The zero-order valence-electron chi connectivity index (χ0n) is 15.9. The van der Waals surface area contributed by atoms with Crippen LogP contribution in [0.25, 0.3) is 6.08 Å². The van der Waals surface area contributed by atoms with E-state index < -0.39 is 18.0 Å². The van der Waals surface area contributed by atoms with Gasteiger partial charge in [0.25, 0.3) is 5.91 Å². The van der Waals surface area contributed by atoms with Gasteiger partial charge in [0.2, 0.25) is 6.10 Å². The van der Waals surface area contributed by atoms with E-state index in [1.165, 1.54) is 18.4 Å². The Hall–Kier alpha value is -3.80. The number of esters is 1. The number of anilines is 1. The summed E-state index contributed by atoms with van der Waals surface area (Å²) in [5.41, 5.74) is 1.06. The Morgan fingerprint density at radius 1 is 1.03 bits per heavy atom. The third kappa shape index (κ3) is 5.59. The molecule has 29 heavy (non-hydrogen) atoms. The molecule has 0 radical (unpaired) electrons. The molecule has 1 N–H and O–H groups in total. The predicted molar refractivity (Wildman–Crippen MR) is 109 cm³/mol. The molecule has 0 fully saturated rings. The van der Waals surface area contributed by atoms with E-state index >= 15 is 0 Å². The summed E-state index contributed by atoms with van der Waals surface area (Å²) in [6.07, 6.45) is 3.07. The van der Waals surface area contributed by atoms with E-state index in [1.54, 1.807) is 54.6 Å². The molecule has 0 aliphatic heterocycles. The molecule has 1 aromatic heterocycles. The highest BCUT2D eigenvalue weighted by atomic mass is 16.5. The van der Waals surface area contributed by atoms with Crippen LogP contribution in [-0.4, -0.2) is 18.5 Å². The third-order valence-corrected chi connectivity index (χ3v) is 3.95. The van der Waals surface area contributed by atoms with E-state index in [0.717, 1.165) is 0 Å². The van der Waals surface area contributed by atoms with Crippen molar-refractivity contribution in [3.63, 3.8) is 0 Å². The Morgan fingerprint density at radius 3 is 2.52 bits per heavy atom. The molecule has 1 amide bonds. The minimum Gasteiger partial charge on any atom is -0.492 e. The number of hydrogen-bond donors (Lipinski definition) is 1. The smallest absolute Gasteiger partial charge is 0.332 e. The fraction of sp³-hybridized carbons (Fsp3) is 0.130. The van der Waals surface area contributed by atoms with Gasteiger partial charge in [-0.1, -0.05) is 42.5 Å². The Kier molecular flexibility index (Phi) is 6.84. The van der Waals surface area contributed by atoms with Crippen LogP contribution in [0.5, 0.6) is 5.75 Å². The molecule has 3 rings (SSSR count). The minimum absolute atomic E-state index is 0.460. The summed E-state index contributed by atoms with van der Waals surface area (Å²) < 4.78 is 16.1. The SMILES string of the molecule is CCOc1ccccc1NC(=O)[C@H](OC(=O)/C=C/c1ccco1)c1ccccc1. The lowest BCUT2D eigenvalue weighted by atomic mass is 10.1. The van der Waals surface area contributed by atoms with Crippen molar-refractivity contribution in [2.45, 2.75) is 13.0 Å². The zero-order valence-corrected chi connectivity index (χ0v) is 15.9. The Labute approximate surface area is 168 Å². The molecule has 6 nitrogen and oxygen atoms in total. The lowest BCUT2D eigenvalue weighted by Crippen LogP contribution is -2.25. The van der Waals surface area contributed by atoms with Gasteiger partial charge in [0, 0.05) is 11.6 Å². The van der Waals surface area contributed by atoms with Crippen LogP contribution in [0.1, 0.15) is 24.4 Å². The zero-order chi connectivity index (χ0) is 20.5. The van der Waals surface area contributed by atoms with Crippen LogP contribution < -0.4 is 10.1 Å². The van der Waals surface area contributed by atoms with Crippen LogP contribution in [0.2, 0.25) is 0 Å². The normalized spacial score (nSPS) is 11.8. The third-order valence-electron chi connectivity index (χ3n) is 3.95. The first-order chi connectivity index (χ1) is 14.2. The Balaban J connectivity index is 1.78. The maximum atomic E-state index is 13.0. The summed E-state index contributed by atoms with van der Waals surface area (Å²) in [5.74, 6) is -0.0981. The topological polar surface area (TPSA) is 77.8 Å². The van der Waals surface area contributed by atoms with Gasteiger partial charge >= 0.3 is 5.97 Å². The van der Waals surface area contributed by atoms with Gasteiger partial charge in [-0.15, -0.1) is 0 Å². The second kappa shape index (κ2) is 9.94. The fourth-order valence-electron chi connectivity index (χ4n) is 2.64.